The SMILES string of the molecule is COCCc1nnc2n1CCNC2C(C)(C)C. The molecular weight excluding hydrogens is 216 g/mol. The van der Waals surface area contributed by atoms with Crippen molar-refractivity contribution in [1.29, 1.82) is 0 Å². The van der Waals surface area contributed by atoms with Crippen LogP contribution in [-0.2, 0) is 17.7 Å². The van der Waals surface area contributed by atoms with Crippen molar-refractivity contribution in [3.63, 3.8) is 0 Å². The van der Waals surface area contributed by atoms with Gasteiger partial charge in [-0.15, -0.1) is 10.2 Å². The van der Waals surface area contributed by atoms with Gasteiger partial charge in [-0.25, -0.2) is 0 Å². The van der Waals surface area contributed by atoms with Crippen LogP contribution in [0.3, 0.4) is 0 Å². The van der Waals surface area contributed by atoms with E-state index in [0.29, 0.717) is 6.61 Å². The second-order valence-corrected chi connectivity index (χ2v) is 5.62. The molecule has 1 aliphatic rings. The molecule has 0 saturated heterocycles. The van der Waals surface area contributed by atoms with Gasteiger partial charge in [0, 0.05) is 26.6 Å². The highest BCUT2D eigenvalue weighted by Gasteiger charge is 2.33. The third-order valence-electron chi connectivity index (χ3n) is 3.19. The summed E-state index contributed by atoms with van der Waals surface area (Å²) in [4.78, 5) is 0. The van der Waals surface area contributed by atoms with Crippen molar-refractivity contribution in [3.8, 4) is 0 Å². The first kappa shape index (κ1) is 12.5. The summed E-state index contributed by atoms with van der Waals surface area (Å²) in [6.07, 6.45) is 0.834. The molecule has 0 bridgehead atoms. The summed E-state index contributed by atoms with van der Waals surface area (Å²) >= 11 is 0. The fraction of sp³-hybridized carbons (Fsp3) is 0.833. The van der Waals surface area contributed by atoms with Crippen LogP contribution in [0.4, 0.5) is 0 Å². The van der Waals surface area contributed by atoms with Crippen LogP contribution < -0.4 is 5.32 Å². The van der Waals surface area contributed by atoms with E-state index >= 15 is 0 Å². The van der Waals surface area contributed by atoms with Crippen molar-refractivity contribution < 1.29 is 4.74 Å². The predicted octanol–water partition coefficient (Wildman–Crippen LogP) is 1.16. The first-order valence-corrected chi connectivity index (χ1v) is 6.18. The van der Waals surface area contributed by atoms with Gasteiger partial charge in [-0.1, -0.05) is 20.8 Å². The van der Waals surface area contributed by atoms with Gasteiger partial charge in [0.15, 0.2) is 5.82 Å². The second-order valence-electron chi connectivity index (χ2n) is 5.62. The Morgan fingerprint density at radius 1 is 1.41 bits per heavy atom. The lowest BCUT2D eigenvalue weighted by atomic mass is 9.85. The number of ether oxygens (including phenoxy) is 1. The maximum absolute atomic E-state index is 5.10. The Hall–Kier alpha value is -0.940. The monoisotopic (exact) mass is 238 g/mol. The van der Waals surface area contributed by atoms with E-state index in [9.17, 15) is 0 Å². The van der Waals surface area contributed by atoms with Crippen LogP contribution in [-0.4, -0.2) is 35.0 Å². The quantitative estimate of drug-likeness (QED) is 0.858. The molecule has 2 rings (SSSR count). The minimum atomic E-state index is 0.156. The Balaban J connectivity index is 2.25. The molecule has 0 radical (unpaired) electrons. The van der Waals surface area contributed by atoms with Crippen LogP contribution in [0.15, 0.2) is 0 Å². The molecule has 0 saturated carbocycles. The number of nitrogens with zero attached hydrogens (tertiary/aromatic N) is 3. The molecule has 5 heteroatoms. The average molecular weight is 238 g/mol. The van der Waals surface area contributed by atoms with E-state index in [0.717, 1.165) is 31.2 Å². The molecule has 0 aromatic carbocycles. The summed E-state index contributed by atoms with van der Waals surface area (Å²) in [5.74, 6) is 2.10. The van der Waals surface area contributed by atoms with Crippen LogP contribution in [0.1, 0.15) is 38.5 Å². The molecule has 1 aromatic rings. The molecule has 0 aliphatic carbocycles. The molecule has 1 N–H and O–H groups in total. The van der Waals surface area contributed by atoms with Gasteiger partial charge in [0.25, 0.3) is 0 Å². The molecule has 0 amide bonds. The molecule has 96 valence electrons. The molecule has 1 unspecified atom stereocenters. The van der Waals surface area contributed by atoms with Gasteiger partial charge in [0.05, 0.1) is 12.6 Å². The van der Waals surface area contributed by atoms with Gasteiger partial charge < -0.3 is 14.6 Å². The molecule has 1 aliphatic heterocycles. The van der Waals surface area contributed by atoms with E-state index in [-0.39, 0.29) is 11.5 Å². The Kier molecular flexibility index (Phi) is 3.49. The van der Waals surface area contributed by atoms with Crippen LogP contribution in [0.2, 0.25) is 0 Å². The van der Waals surface area contributed by atoms with Crippen LogP contribution in [0, 0.1) is 5.41 Å². The van der Waals surface area contributed by atoms with Crippen molar-refractivity contribution >= 4 is 0 Å². The predicted molar refractivity (Wildman–Crippen MR) is 65.8 cm³/mol. The van der Waals surface area contributed by atoms with Crippen molar-refractivity contribution in [2.75, 3.05) is 20.3 Å². The van der Waals surface area contributed by atoms with Gasteiger partial charge in [-0.2, -0.15) is 0 Å². The Bertz CT molecular complexity index is 380. The molecule has 0 spiro atoms. The lowest BCUT2D eigenvalue weighted by Crippen LogP contribution is -2.41. The average Bonchev–Trinajstić information content (AvgIpc) is 2.67. The van der Waals surface area contributed by atoms with Gasteiger partial charge in [0.1, 0.15) is 5.82 Å². The van der Waals surface area contributed by atoms with E-state index in [1.807, 2.05) is 0 Å². The van der Waals surface area contributed by atoms with Gasteiger partial charge in [-0.3, -0.25) is 0 Å². The summed E-state index contributed by atoms with van der Waals surface area (Å²) in [5, 5.41) is 12.2. The number of rotatable bonds is 3. The zero-order valence-corrected chi connectivity index (χ0v) is 11.2. The van der Waals surface area contributed by atoms with E-state index in [4.69, 9.17) is 4.74 Å². The number of aromatic nitrogens is 3. The summed E-state index contributed by atoms with van der Waals surface area (Å²) in [7, 11) is 1.72. The zero-order chi connectivity index (χ0) is 12.5. The van der Waals surface area contributed by atoms with Gasteiger partial charge in [-0.05, 0) is 5.41 Å². The third kappa shape index (κ3) is 2.50. The minimum Gasteiger partial charge on any atom is -0.384 e. The van der Waals surface area contributed by atoms with Crippen LogP contribution in [0.25, 0.3) is 0 Å². The maximum atomic E-state index is 5.10. The molecule has 5 nitrogen and oxygen atoms in total. The molecule has 2 heterocycles. The lowest BCUT2D eigenvalue weighted by molar-refractivity contribution is 0.197. The molecule has 1 aromatic heterocycles. The standard InChI is InChI=1S/C12H22N4O/c1-12(2,3)10-11-15-14-9(5-8-17-4)16(11)7-6-13-10/h10,13H,5-8H2,1-4H3. The van der Waals surface area contributed by atoms with E-state index < -0.39 is 0 Å². The Morgan fingerprint density at radius 2 is 2.18 bits per heavy atom. The lowest BCUT2D eigenvalue weighted by Gasteiger charge is -2.34. The second kappa shape index (κ2) is 4.74. The molecule has 1 atom stereocenters. The zero-order valence-electron chi connectivity index (χ0n) is 11.2. The molecule has 0 fully saturated rings. The fourth-order valence-corrected chi connectivity index (χ4v) is 2.29. The van der Waals surface area contributed by atoms with Crippen molar-refractivity contribution in [2.45, 2.75) is 39.8 Å². The smallest absolute Gasteiger partial charge is 0.150 e. The van der Waals surface area contributed by atoms with Gasteiger partial charge >= 0.3 is 0 Å². The molecular formula is C12H22N4O. The summed E-state index contributed by atoms with van der Waals surface area (Å²) < 4.78 is 7.35. The number of hydrogen-bond donors (Lipinski definition) is 1. The highest BCUT2D eigenvalue weighted by Crippen LogP contribution is 2.33. The number of fused-ring (bicyclic) bond motifs is 1. The fourth-order valence-electron chi connectivity index (χ4n) is 2.29. The summed E-state index contributed by atoms with van der Waals surface area (Å²) in [5.41, 5.74) is 0.156. The van der Waals surface area contributed by atoms with Gasteiger partial charge in [0.2, 0.25) is 0 Å². The normalized spacial score (nSPS) is 20.4. The Labute approximate surface area is 103 Å². The molecule has 17 heavy (non-hydrogen) atoms. The Morgan fingerprint density at radius 3 is 2.82 bits per heavy atom. The third-order valence-corrected chi connectivity index (χ3v) is 3.19. The van der Waals surface area contributed by atoms with Crippen molar-refractivity contribution in [3.05, 3.63) is 11.6 Å². The maximum Gasteiger partial charge on any atom is 0.150 e. The van der Waals surface area contributed by atoms with E-state index in [1.54, 1.807) is 7.11 Å². The van der Waals surface area contributed by atoms with Crippen LogP contribution in [0.5, 0.6) is 0 Å². The van der Waals surface area contributed by atoms with Crippen molar-refractivity contribution in [1.82, 2.24) is 20.1 Å². The first-order chi connectivity index (χ1) is 8.04. The minimum absolute atomic E-state index is 0.156. The number of hydrogen-bond acceptors (Lipinski definition) is 4. The topological polar surface area (TPSA) is 52.0 Å². The summed E-state index contributed by atoms with van der Waals surface area (Å²) in [6.45, 7) is 9.31. The highest BCUT2D eigenvalue weighted by molar-refractivity contribution is 5.08. The highest BCUT2D eigenvalue weighted by atomic mass is 16.5. The number of methoxy groups -OCH3 is 1. The van der Waals surface area contributed by atoms with E-state index in [1.165, 1.54) is 0 Å². The number of nitrogens with one attached hydrogen (secondary N) is 1. The first-order valence-electron chi connectivity index (χ1n) is 6.18. The summed E-state index contributed by atoms with van der Waals surface area (Å²) in [6, 6.07) is 0.278. The largest absolute Gasteiger partial charge is 0.384 e. The van der Waals surface area contributed by atoms with Crippen molar-refractivity contribution in [2.24, 2.45) is 5.41 Å². The van der Waals surface area contributed by atoms with Crippen LogP contribution >= 0.6 is 0 Å². The van der Waals surface area contributed by atoms with E-state index in [2.05, 4.69) is 40.9 Å².